The van der Waals surface area contributed by atoms with Gasteiger partial charge in [0, 0.05) is 18.1 Å². The molecule has 0 aliphatic rings. The molecule has 92 valence electrons. The molecule has 0 radical (unpaired) electrons. The number of ketones is 1. The lowest BCUT2D eigenvalue weighted by atomic mass is 10.1. The van der Waals surface area contributed by atoms with Gasteiger partial charge in [0.15, 0.2) is 0 Å². The van der Waals surface area contributed by atoms with E-state index in [0.717, 1.165) is 4.47 Å². The number of rotatable bonds is 4. The Bertz CT molecular complexity index is 445. The Balaban J connectivity index is 3.11. The molecule has 0 heterocycles. The molecule has 0 aliphatic heterocycles. The van der Waals surface area contributed by atoms with Crippen LogP contribution >= 0.6 is 15.9 Å². The Morgan fingerprint density at radius 3 is 2.59 bits per heavy atom. The van der Waals surface area contributed by atoms with Crippen LogP contribution in [0.4, 0.5) is 0 Å². The molecule has 0 aromatic heterocycles. The Kier molecular flexibility index (Phi) is 4.69. The maximum atomic E-state index is 12.0. The molecule has 0 aliphatic carbocycles. The largest absolute Gasteiger partial charge is 0.496 e. The first-order valence-corrected chi connectivity index (χ1v) is 5.93. The quantitative estimate of drug-likeness (QED) is 0.632. The first-order chi connectivity index (χ1) is 8.01. The lowest BCUT2D eigenvalue weighted by Crippen LogP contribution is -2.33. The van der Waals surface area contributed by atoms with Crippen LogP contribution in [0.5, 0.6) is 5.75 Å². The Morgan fingerprint density at radius 2 is 2.06 bits per heavy atom. The number of halogens is 1. The number of hydrogen-bond donors (Lipinski definition) is 0. The Hall–Kier alpha value is -1.36. The fourth-order valence-electron chi connectivity index (χ4n) is 1.29. The summed E-state index contributed by atoms with van der Waals surface area (Å²) >= 11 is 3.26. The number of nitrogens with zero attached hydrogens (tertiary/aromatic N) is 1. The van der Waals surface area contributed by atoms with Crippen molar-refractivity contribution in [2.24, 2.45) is 0 Å². The van der Waals surface area contributed by atoms with Crippen LogP contribution in [0.25, 0.3) is 0 Å². The average molecular weight is 300 g/mol. The zero-order valence-corrected chi connectivity index (χ0v) is 11.6. The summed E-state index contributed by atoms with van der Waals surface area (Å²) in [5, 5.41) is 0. The van der Waals surface area contributed by atoms with Crippen molar-refractivity contribution in [2.45, 2.75) is 6.92 Å². The molecule has 1 aromatic carbocycles. The van der Waals surface area contributed by atoms with Crippen LogP contribution < -0.4 is 4.74 Å². The van der Waals surface area contributed by atoms with Gasteiger partial charge in [-0.15, -0.1) is 0 Å². The van der Waals surface area contributed by atoms with E-state index in [0.29, 0.717) is 12.3 Å². The lowest BCUT2D eigenvalue weighted by molar-refractivity contribution is -0.125. The van der Waals surface area contributed by atoms with Crippen molar-refractivity contribution < 1.29 is 14.3 Å². The summed E-state index contributed by atoms with van der Waals surface area (Å²) in [4.78, 5) is 25.1. The van der Waals surface area contributed by atoms with Crippen LogP contribution in [0, 0.1) is 0 Å². The van der Waals surface area contributed by atoms with Gasteiger partial charge in [0.25, 0.3) is 11.7 Å². The molecule has 4 nitrogen and oxygen atoms in total. The average Bonchev–Trinajstić information content (AvgIpc) is 2.35. The molecule has 1 amide bonds. The first-order valence-electron chi connectivity index (χ1n) is 5.14. The molecule has 0 N–H and O–H groups in total. The zero-order valence-electron chi connectivity index (χ0n) is 9.99. The number of ether oxygens (including phenoxy) is 1. The second kappa shape index (κ2) is 5.82. The van der Waals surface area contributed by atoms with Crippen molar-refractivity contribution in [3.63, 3.8) is 0 Å². The van der Waals surface area contributed by atoms with Crippen molar-refractivity contribution in [3.8, 4) is 5.75 Å². The molecule has 0 unspecified atom stereocenters. The molecule has 0 fully saturated rings. The second-order valence-corrected chi connectivity index (χ2v) is 4.41. The third-order valence-electron chi connectivity index (χ3n) is 2.42. The molecule has 0 bridgehead atoms. The van der Waals surface area contributed by atoms with Crippen molar-refractivity contribution in [2.75, 3.05) is 20.7 Å². The number of hydrogen-bond acceptors (Lipinski definition) is 3. The van der Waals surface area contributed by atoms with Crippen LogP contribution in [-0.2, 0) is 4.79 Å². The van der Waals surface area contributed by atoms with Gasteiger partial charge >= 0.3 is 0 Å². The Labute approximate surface area is 109 Å². The van der Waals surface area contributed by atoms with E-state index in [1.807, 2.05) is 6.92 Å². The molecule has 1 aromatic rings. The monoisotopic (exact) mass is 299 g/mol. The predicted molar refractivity (Wildman–Crippen MR) is 68.3 cm³/mol. The van der Waals surface area contributed by atoms with E-state index in [4.69, 9.17) is 4.74 Å². The number of likely N-dealkylation sites (N-methyl/N-ethyl adjacent to an activating group) is 1. The summed E-state index contributed by atoms with van der Waals surface area (Å²) < 4.78 is 5.80. The molecule has 0 saturated carbocycles. The zero-order chi connectivity index (χ0) is 13.0. The lowest BCUT2D eigenvalue weighted by Gasteiger charge is -2.14. The summed E-state index contributed by atoms with van der Waals surface area (Å²) in [6.45, 7) is 2.30. The minimum Gasteiger partial charge on any atom is -0.496 e. The number of amides is 1. The highest BCUT2D eigenvalue weighted by Crippen LogP contribution is 2.23. The fourth-order valence-corrected chi connectivity index (χ4v) is 1.65. The second-order valence-electron chi connectivity index (χ2n) is 3.49. The van der Waals surface area contributed by atoms with Crippen molar-refractivity contribution in [1.82, 2.24) is 4.90 Å². The maximum Gasteiger partial charge on any atom is 0.294 e. The molecular formula is C12H14BrNO3. The van der Waals surface area contributed by atoms with Crippen molar-refractivity contribution in [1.29, 1.82) is 0 Å². The van der Waals surface area contributed by atoms with E-state index in [1.165, 1.54) is 12.0 Å². The highest BCUT2D eigenvalue weighted by molar-refractivity contribution is 9.10. The molecule has 17 heavy (non-hydrogen) atoms. The van der Waals surface area contributed by atoms with E-state index in [9.17, 15) is 9.59 Å². The summed E-state index contributed by atoms with van der Waals surface area (Å²) in [6, 6.07) is 4.99. The van der Waals surface area contributed by atoms with E-state index in [1.54, 1.807) is 25.2 Å². The van der Waals surface area contributed by atoms with Gasteiger partial charge in [-0.05, 0) is 25.1 Å². The van der Waals surface area contributed by atoms with Crippen LogP contribution in [0.3, 0.4) is 0 Å². The maximum absolute atomic E-state index is 12.0. The highest BCUT2D eigenvalue weighted by atomic mass is 79.9. The fraction of sp³-hybridized carbons (Fsp3) is 0.333. The SMILES string of the molecule is CCN(C)C(=O)C(=O)c1cc(Br)ccc1OC. The van der Waals surface area contributed by atoms with Gasteiger partial charge in [0.1, 0.15) is 5.75 Å². The molecule has 0 spiro atoms. The first kappa shape index (κ1) is 13.7. The van der Waals surface area contributed by atoms with Gasteiger partial charge in [-0.2, -0.15) is 0 Å². The number of benzene rings is 1. The predicted octanol–water partition coefficient (Wildman–Crippen LogP) is 2.12. The minimum absolute atomic E-state index is 0.271. The third kappa shape index (κ3) is 3.06. The van der Waals surface area contributed by atoms with Crippen molar-refractivity contribution in [3.05, 3.63) is 28.2 Å². The Morgan fingerprint density at radius 1 is 1.41 bits per heavy atom. The van der Waals surface area contributed by atoms with Gasteiger partial charge < -0.3 is 9.64 Å². The molecular weight excluding hydrogens is 286 g/mol. The summed E-state index contributed by atoms with van der Waals surface area (Å²) in [5.74, 6) is -0.701. The number of methoxy groups -OCH3 is 1. The third-order valence-corrected chi connectivity index (χ3v) is 2.91. The van der Waals surface area contributed by atoms with Crippen LogP contribution in [0.2, 0.25) is 0 Å². The standard InChI is InChI=1S/C12H14BrNO3/c1-4-14(2)12(16)11(15)9-7-8(13)5-6-10(9)17-3/h5-7H,4H2,1-3H3. The van der Waals surface area contributed by atoms with Gasteiger partial charge in [-0.1, -0.05) is 15.9 Å². The summed E-state index contributed by atoms with van der Waals surface area (Å²) in [6.07, 6.45) is 0. The normalized spacial score (nSPS) is 9.88. The summed E-state index contributed by atoms with van der Waals surface area (Å²) in [5.41, 5.74) is 0.271. The molecule has 5 heteroatoms. The smallest absolute Gasteiger partial charge is 0.294 e. The van der Waals surface area contributed by atoms with Gasteiger partial charge in [0.05, 0.1) is 12.7 Å². The molecule has 0 atom stereocenters. The van der Waals surface area contributed by atoms with Crippen LogP contribution in [0.15, 0.2) is 22.7 Å². The number of Topliss-reactive ketones (excluding diaryl/α,β-unsaturated/α-hetero) is 1. The summed E-state index contributed by atoms with van der Waals surface area (Å²) in [7, 11) is 3.05. The number of carbonyl (C=O) groups is 2. The van der Waals surface area contributed by atoms with Crippen LogP contribution in [0.1, 0.15) is 17.3 Å². The highest BCUT2D eigenvalue weighted by Gasteiger charge is 2.23. The van der Waals surface area contributed by atoms with Crippen LogP contribution in [-0.4, -0.2) is 37.3 Å². The molecule has 1 rings (SSSR count). The van der Waals surface area contributed by atoms with Gasteiger partial charge in [-0.25, -0.2) is 0 Å². The minimum atomic E-state index is -0.563. The molecule has 0 saturated heterocycles. The van der Waals surface area contributed by atoms with E-state index in [2.05, 4.69) is 15.9 Å². The van der Waals surface area contributed by atoms with Gasteiger partial charge in [-0.3, -0.25) is 9.59 Å². The topological polar surface area (TPSA) is 46.6 Å². The van der Waals surface area contributed by atoms with E-state index in [-0.39, 0.29) is 5.56 Å². The van der Waals surface area contributed by atoms with Gasteiger partial charge in [0.2, 0.25) is 0 Å². The van der Waals surface area contributed by atoms with Crippen molar-refractivity contribution >= 4 is 27.6 Å². The number of carbonyl (C=O) groups excluding carboxylic acids is 2. The van der Waals surface area contributed by atoms with E-state index < -0.39 is 11.7 Å². The van der Waals surface area contributed by atoms with E-state index >= 15 is 0 Å².